The molecule has 0 unspecified atom stereocenters. The topological polar surface area (TPSA) is 0 Å². The van der Waals surface area contributed by atoms with Gasteiger partial charge in [0, 0.05) is 0 Å². The van der Waals surface area contributed by atoms with Crippen molar-refractivity contribution in [1.82, 2.24) is 0 Å². The van der Waals surface area contributed by atoms with Gasteiger partial charge in [0.15, 0.2) is 0 Å². The Labute approximate surface area is 76.4 Å². The number of rotatable bonds is 4. The van der Waals surface area contributed by atoms with Gasteiger partial charge >= 0.3 is 0 Å². The van der Waals surface area contributed by atoms with E-state index < -0.39 is 0 Å². The van der Waals surface area contributed by atoms with Crippen molar-refractivity contribution >= 4 is 0 Å². The molecule has 68 valence electrons. The van der Waals surface area contributed by atoms with Gasteiger partial charge in [0.2, 0.25) is 0 Å². The molecule has 0 nitrogen and oxygen atoms in total. The van der Waals surface area contributed by atoms with E-state index in [0.29, 0.717) is 0 Å². The fourth-order valence-electron chi connectivity index (χ4n) is 1.65. The van der Waals surface area contributed by atoms with Crippen LogP contribution in [0.3, 0.4) is 0 Å². The molecular formula is C12H20. The molecule has 0 spiro atoms. The Balaban J connectivity index is 2.42. The van der Waals surface area contributed by atoms with E-state index in [0.717, 1.165) is 12.3 Å². The third kappa shape index (κ3) is 2.51. The molecule has 12 heavy (non-hydrogen) atoms. The average Bonchev–Trinajstić information content (AvgIpc) is 1.99. The summed E-state index contributed by atoms with van der Waals surface area (Å²) in [6.07, 6.45) is 13.5. The molecule has 1 aliphatic rings. The smallest absolute Gasteiger partial charge is 0.0200 e. The number of hydrogen-bond donors (Lipinski definition) is 0. The first-order valence-electron chi connectivity index (χ1n) is 5.24. The van der Waals surface area contributed by atoms with Gasteiger partial charge in [-0.15, -0.1) is 0 Å². The standard InChI is InChI=1S/C12H20/c1-3-5-6-8-11(4-2)12-9-7-10-12/h5-6,8,12H,3-4,7,9-10H2,1-2H3. The Kier molecular flexibility index (Phi) is 4.13. The molecule has 0 aromatic heterocycles. The van der Waals surface area contributed by atoms with Crippen LogP contribution in [0.2, 0.25) is 0 Å². The highest BCUT2D eigenvalue weighted by Crippen LogP contribution is 2.34. The summed E-state index contributed by atoms with van der Waals surface area (Å²) in [6, 6.07) is 0. The highest BCUT2D eigenvalue weighted by Gasteiger charge is 2.19. The van der Waals surface area contributed by atoms with Crippen molar-refractivity contribution in [2.75, 3.05) is 0 Å². The van der Waals surface area contributed by atoms with Gasteiger partial charge in [-0.2, -0.15) is 0 Å². The van der Waals surface area contributed by atoms with Crippen molar-refractivity contribution in [3.05, 3.63) is 23.8 Å². The second-order valence-corrected chi connectivity index (χ2v) is 3.56. The summed E-state index contributed by atoms with van der Waals surface area (Å²) in [4.78, 5) is 0. The van der Waals surface area contributed by atoms with Crippen molar-refractivity contribution in [1.29, 1.82) is 0 Å². The van der Waals surface area contributed by atoms with Crippen molar-refractivity contribution in [3.63, 3.8) is 0 Å². The molecule has 0 heterocycles. The Bertz CT molecular complexity index is 170. The monoisotopic (exact) mass is 164 g/mol. The normalized spacial score (nSPS) is 20.0. The van der Waals surface area contributed by atoms with E-state index in [1.807, 2.05) is 0 Å². The van der Waals surface area contributed by atoms with Gasteiger partial charge in [-0.05, 0) is 31.6 Å². The third-order valence-electron chi connectivity index (χ3n) is 2.72. The number of hydrogen-bond acceptors (Lipinski definition) is 0. The molecule has 0 atom stereocenters. The van der Waals surface area contributed by atoms with E-state index in [4.69, 9.17) is 0 Å². The van der Waals surface area contributed by atoms with E-state index in [2.05, 4.69) is 32.1 Å². The second kappa shape index (κ2) is 5.18. The van der Waals surface area contributed by atoms with E-state index in [-0.39, 0.29) is 0 Å². The fourth-order valence-corrected chi connectivity index (χ4v) is 1.65. The summed E-state index contributed by atoms with van der Waals surface area (Å²) in [5.74, 6) is 0.927. The summed E-state index contributed by atoms with van der Waals surface area (Å²) >= 11 is 0. The zero-order chi connectivity index (χ0) is 8.81. The zero-order valence-electron chi connectivity index (χ0n) is 8.34. The Morgan fingerprint density at radius 3 is 2.50 bits per heavy atom. The molecule has 1 fully saturated rings. The van der Waals surface area contributed by atoms with Crippen LogP contribution in [0.1, 0.15) is 46.0 Å². The van der Waals surface area contributed by atoms with Crippen molar-refractivity contribution in [3.8, 4) is 0 Å². The molecule has 0 saturated heterocycles. The van der Waals surface area contributed by atoms with Crippen LogP contribution >= 0.6 is 0 Å². The van der Waals surface area contributed by atoms with Gasteiger partial charge in [-0.1, -0.05) is 44.1 Å². The molecular weight excluding hydrogens is 144 g/mol. The molecule has 0 heteroatoms. The maximum atomic E-state index is 2.33. The van der Waals surface area contributed by atoms with E-state index >= 15 is 0 Å². The Morgan fingerprint density at radius 1 is 1.33 bits per heavy atom. The lowest BCUT2D eigenvalue weighted by molar-refractivity contribution is 0.361. The minimum absolute atomic E-state index is 0.927. The molecule has 0 aromatic rings. The minimum Gasteiger partial charge on any atom is -0.0848 e. The van der Waals surface area contributed by atoms with Crippen LogP contribution in [0.25, 0.3) is 0 Å². The summed E-state index contributed by atoms with van der Waals surface area (Å²) in [5, 5.41) is 0. The van der Waals surface area contributed by atoms with Crippen molar-refractivity contribution < 1.29 is 0 Å². The molecule has 0 amide bonds. The lowest BCUT2D eigenvalue weighted by atomic mass is 9.78. The first kappa shape index (κ1) is 9.57. The lowest BCUT2D eigenvalue weighted by Gasteiger charge is -2.27. The molecule has 1 aliphatic carbocycles. The number of allylic oxidation sites excluding steroid dienone is 4. The highest BCUT2D eigenvalue weighted by molar-refractivity contribution is 5.16. The quantitative estimate of drug-likeness (QED) is 0.549. The van der Waals surface area contributed by atoms with E-state index in [1.165, 1.54) is 25.7 Å². The van der Waals surface area contributed by atoms with Crippen LogP contribution in [-0.2, 0) is 0 Å². The molecule has 1 saturated carbocycles. The zero-order valence-corrected chi connectivity index (χ0v) is 8.34. The van der Waals surface area contributed by atoms with Crippen molar-refractivity contribution in [2.24, 2.45) is 5.92 Å². The van der Waals surface area contributed by atoms with E-state index in [1.54, 1.807) is 5.57 Å². The van der Waals surface area contributed by atoms with Crippen LogP contribution in [0, 0.1) is 5.92 Å². The van der Waals surface area contributed by atoms with Gasteiger partial charge in [0.1, 0.15) is 0 Å². The van der Waals surface area contributed by atoms with Crippen LogP contribution in [0.15, 0.2) is 23.8 Å². The minimum atomic E-state index is 0.927. The van der Waals surface area contributed by atoms with Crippen molar-refractivity contribution in [2.45, 2.75) is 46.0 Å². The Morgan fingerprint density at radius 2 is 2.08 bits per heavy atom. The summed E-state index contributed by atoms with van der Waals surface area (Å²) in [5.41, 5.74) is 1.66. The van der Waals surface area contributed by atoms with Gasteiger partial charge in [0.05, 0.1) is 0 Å². The maximum Gasteiger partial charge on any atom is -0.0200 e. The second-order valence-electron chi connectivity index (χ2n) is 3.56. The molecule has 0 aliphatic heterocycles. The average molecular weight is 164 g/mol. The van der Waals surface area contributed by atoms with Gasteiger partial charge in [-0.25, -0.2) is 0 Å². The van der Waals surface area contributed by atoms with Crippen LogP contribution in [0.5, 0.6) is 0 Å². The lowest BCUT2D eigenvalue weighted by Crippen LogP contribution is -2.13. The highest BCUT2D eigenvalue weighted by atomic mass is 14.2. The van der Waals surface area contributed by atoms with Crippen LogP contribution in [-0.4, -0.2) is 0 Å². The predicted octanol–water partition coefficient (Wildman–Crippen LogP) is 4.09. The summed E-state index contributed by atoms with van der Waals surface area (Å²) < 4.78 is 0. The third-order valence-corrected chi connectivity index (χ3v) is 2.72. The molecule has 0 radical (unpaired) electrons. The molecule has 1 rings (SSSR count). The van der Waals surface area contributed by atoms with Gasteiger partial charge < -0.3 is 0 Å². The first-order chi connectivity index (χ1) is 5.88. The van der Waals surface area contributed by atoms with Gasteiger partial charge in [0.25, 0.3) is 0 Å². The van der Waals surface area contributed by atoms with Crippen LogP contribution < -0.4 is 0 Å². The van der Waals surface area contributed by atoms with Crippen LogP contribution in [0.4, 0.5) is 0 Å². The maximum absolute atomic E-state index is 2.33. The summed E-state index contributed by atoms with van der Waals surface area (Å²) in [6.45, 7) is 4.45. The first-order valence-corrected chi connectivity index (χ1v) is 5.24. The Hall–Kier alpha value is -0.520. The molecule has 0 N–H and O–H groups in total. The molecule has 0 aromatic carbocycles. The summed E-state index contributed by atoms with van der Waals surface area (Å²) in [7, 11) is 0. The largest absolute Gasteiger partial charge is 0.0848 e. The molecule has 0 bridgehead atoms. The fraction of sp³-hybridized carbons (Fsp3) is 0.667. The van der Waals surface area contributed by atoms with Gasteiger partial charge in [-0.3, -0.25) is 0 Å². The van der Waals surface area contributed by atoms with E-state index in [9.17, 15) is 0 Å². The predicted molar refractivity (Wildman–Crippen MR) is 55.1 cm³/mol. The SMILES string of the molecule is CCC=CC=C(CC)C1CCC1.